The number of hydrogen-bond acceptors (Lipinski definition) is 3. The van der Waals surface area contributed by atoms with Crippen molar-refractivity contribution >= 4 is 33.5 Å². The molecule has 0 bridgehead atoms. The van der Waals surface area contributed by atoms with Crippen LogP contribution in [0.15, 0.2) is 68.5 Å². The molecular formula is C19H18BrN3S. The summed E-state index contributed by atoms with van der Waals surface area (Å²) in [5, 5.41) is 6.80. The van der Waals surface area contributed by atoms with E-state index in [1.54, 1.807) is 11.3 Å². The van der Waals surface area contributed by atoms with Gasteiger partial charge in [-0.3, -0.25) is 4.99 Å². The predicted molar refractivity (Wildman–Crippen MR) is 106 cm³/mol. The monoisotopic (exact) mass is 399 g/mol. The average Bonchev–Trinajstić information content (AvgIpc) is 2.98. The first-order chi connectivity index (χ1) is 11.7. The molecule has 122 valence electrons. The zero-order valence-electron chi connectivity index (χ0n) is 13.6. The van der Waals surface area contributed by atoms with Crippen LogP contribution in [0.25, 0.3) is 11.3 Å². The normalized spacial score (nSPS) is 12.2. The van der Waals surface area contributed by atoms with Crippen molar-refractivity contribution in [2.75, 3.05) is 6.54 Å². The van der Waals surface area contributed by atoms with E-state index in [1.807, 2.05) is 42.1 Å². The summed E-state index contributed by atoms with van der Waals surface area (Å²) in [4.78, 5) is 5.46. The van der Waals surface area contributed by atoms with Crippen molar-refractivity contribution in [3.8, 4) is 11.3 Å². The highest BCUT2D eigenvalue weighted by Crippen LogP contribution is 2.21. The number of aryl methyl sites for hydroxylation is 1. The van der Waals surface area contributed by atoms with E-state index in [1.165, 1.54) is 5.56 Å². The largest absolute Gasteiger partial charge is 0.258 e. The van der Waals surface area contributed by atoms with Gasteiger partial charge in [0, 0.05) is 27.5 Å². The lowest BCUT2D eigenvalue weighted by molar-refractivity contribution is 0.833. The molecule has 0 unspecified atom stereocenters. The van der Waals surface area contributed by atoms with E-state index in [0.29, 0.717) is 0 Å². The summed E-state index contributed by atoms with van der Waals surface area (Å²) in [6, 6.07) is 16.5. The fraction of sp³-hybridized carbons (Fsp3) is 0.158. The fourth-order valence-electron chi connectivity index (χ4n) is 2.28. The second-order valence-corrected chi connectivity index (χ2v) is 7.01. The SMILES string of the molecule is CCN=c1scc(-c2ccc(C)cc2)n1N=Cc1ccccc1Br. The molecule has 0 spiro atoms. The summed E-state index contributed by atoms with van der Waals surface area (Å²) in [6.07, 6.45) is 1.86. The van der Waals surface area contributed by atoms with Crippen LogP contribution >= 0.6 is 27.3 Å². The van der Waals surface area contributed by atoms with Crippen LogP contribution in [0, 0.1) is 6.92 Å². The second kappa shape index (κ2) is 7.73. The Morgan fingerprint density at radius 2 is 1.88 bits per heavy atom. The Morgan fingerprint density at radius 3 is 2.58 bits per heavy atom. The molecular weight excluding hydrogens is 382 g/mol. The maximum atomic E-state index is 4.69. The third kappa shape index (κ3) is 3.74. The molecule has 0 aliphatic heterocycles. The van der Waals surface area contributed by atoms with Crippen LogP contribution in [0.1, 0.15) is 18.1 Å². The molecule has 3 nitrogen and oxygen atoms in total. The minimum Gasteiger partial charge on any atom is -0.258 e. The van der Waals surface area contributed by atoms with E-state index >= 15 is 0 Å². The second-order valence-electron chi connectivity index (χ2n) is 5.32. The van der Waals surface area contributed by atoms with Crippen LogP contribution in [0.2, 0.25) is 0 Å². The van der Waals surface area contributed by atoms with Crippen molar-refractivity contribution in [3.63, 3.8) is 0 Å². The van der Waals surface area contributed by atoms with Gasteiger partial charge in [-0.25, -0.2) is 4.68 Å². The summed E-state index contributed by atoms with van der Waals surface area (Å²) in [5.74, 6) is 0. The zero-order valence-corrected chi connectivity index (χ0v) is 16.0. The van der Waals surface area contributed by atoms with Gasteiger partial charge in [0.1, 0.15) is 0 Å². The molecule has 24 heavy (non-hydrogen) atoms. The first-order valence-corrected chi connectivity index (χ1v) is 9.43. The van der Waals surface area contributed by atoms with Crippen LogP contribution in [-0.4, -0.2) is 17.4 Å². The van der Waals surface area contributed by atoms with Crippen molar-refractivity contribution < 1.29 is 0 Å². The Kier molecular flexibility index (Phi) is 5.43. The highest BCUT2D eigenvalue weighted by Gasteiger charge is 2.07. The Bertz CT molecular complexity index is 920. The Labute approximate surface area is 154 Å². The molecule has 0 radical (unpaired) electrons. The molecule has 0 atom stereocenters. The van der Waals surface area contributed by atoms with Gasteiger partial charge >= 0.3 is 0 Å². The molecule has 0 amide bonds. The molecule has 0 saturated carbocycles. The maximum Gasteiger partial charge on any atom is 0.206 e. The number of hydrogen-bond donors (Lipinski definition) is 0. The van der Waals surface area contributed by atoms with Gasteiger partial charge in [0.25, 0.3) is 0 Å². The summed E-state index contributed by atoms with van der Waals surface area (Å²) < 4.78 is 2.94. The Balaban J connectivity index is 2.08. The molecule has 0 aliphatic rings. The summed E-state index contributed by atoms with van der Waals surface area (Å²) >= 11 is 5.17. The smallest absolute Gasteiger partial charge is 0.206 e. The minimum atomic E-state index is 0.735. The molecule has 3 aromatic rings. The van der Waals surface area contributed by atoms with Gasteiger partial charge in [0.05, 0.1) is 11.9 Å². The molecule has 0 N–H and O–H groups in total. The number of benzene rings is 2. The third-order valence-corrected chi connectivity index (χ3v) is 5.12. The van der Waals surface area contributed by atoms with Crippen LogP contribution < -0.4 is 4.80 Å². The number of aromatic nitrogens is 1. The van der Waals surface area contributed by atoms with Crippen molar-refractivity contribution in [2.24, 2.45) is 10.1 Å². The van der Waals surface area contributed by atoms with Gasteiger partial charge in [-0.15, -0.1) is 11.3 Å². The molecule has 3 rings (SSSR count). The van der Waals surface area contributed by atoms with Crippen LogP contribution in [0.3, 0.4) is 0 Å². The number of rotatable bonds is 4. The highest BCUT2D eigenvalue weighted by molar-refractivity contribution is 9.10. The van der Waals surface area contributed by atoms with Crippen LogP contribution in [0.5, 0.6) is 0 Å². The van der Waals surface area contributed by atoms with Crippen molar-refractivity contribution in [2.45, 2.75) is 13.8 Å². The van der Waals surface area contributed by atoms with E-state index in [-0.39, 0.29) is 0 Å². The molecule has 0 saturated heterocycles. The lowest BCUT2D eigenvalue weighted by atomic mass is 10.1. The van der Waals surface area contributed by atoms with E-state index in [9.17, 15) is 0 Å². The molecule has 1 heterocycles. The standard InChI is InChI=1S/C19H18BrN3S/c1-3-21-19-23(22-12-16-6-4-5-7-17(16)20)18(13-24-19)15-10-8-14(2)9-11-15/h4-13H,3H2,1-2H3. The predicted octanol–water partition coefficient (Wildman–Crippen LogP) is 5.09. The number of thiazole rings is 1. The number of halogens is 1. The van der Waals surface area contributed by atoms with E-state index in [4.69, 9.17) is 5.10 Å². The molecule has 5 heteroatoms. The van der Waals surface area contributed by atoms with Gasteiger partial charge in [-0.2, -0.15) is 5.10 Å². The van der Waals surface area contributed by atoms with Crippen LogP contribution in [0.4, 0.5) is 0 Å². The van der Waals surface area contributed by atoms with E-state index in [0.717, 1.165) is 32.6 Å². The fourth-order valence-corrected chi connectivity index (χ4v) is 3.57. The zero-order chi connectivity index (χ0) is 16.9. The summed E-state index contributed by atoms with van der Waals surface area (Å²) in [7, 11) is 0. The van der Waals surface area contributed by atoms with Gasteiger partial charge in [-0.1, -0.05) is 64.0 Å². The van der Waals surface area contributed by atoms with Gasteiger partial charge < -0.3 is 0 Å². The lowest BCUT2D eigenvalue weighted by Crippen LogP contribution is -2.12. The minimum absolute atomic E-state index is 0.735. The van der Waals surface area contributed by atoms with Gasteiger partial charge in [0.15, 0.2) is 0 Å². The maximum absolute atomic E-state index is 4.69. The van der Waals surface area contributed by atoms with Gasteiger partial charge in [0.2, 0.25) is 4.80 Å². The summed E-state index contributed by atoms with van der Waals surface area (Å²) in [6.45, 7) is 4.86. The molecule has 0 aliphatic carbocycles. The van der Waals surface area contributed by atoms with Gasteiger partial charge in [-0.05, 0) is 19.9 Å². The summed E-state index contributed by atoms with van der Waals surface area (Å²) in [5.41, 5.74) is 4.47. The highest BCUT2D eigenvalue weighted by atomic mass is 79.9. The van der Waals surface area contributed by atoms with Crippen molar-refractivity contribution in [3.05, 3.63) is 74.3 Å². The Hall–Kier alpha value is -1.98. The Morgan fingerprint density at radius 1 is 1.12 bits per heavy atom. The van der Waals surface area contributed by atoms with E-state index in [2.05, 4.69) is 57.5 Å². The average molecular weight is 400 g/mol. The molecule has 0 fully saturated rings. The first-order valence-electron chi connectivity index (χ1n) is 7.76. The topological polar surface area (TPSA) is 29.6 Å². The van der Waals surface area contributed by atoms with Crippen molar-refractivity contribution in [1.82, 2.24) is 4.68 Å². The lowest BCUT2D eigenvalue weighted by Gasteiger charge is -2.04. The van der Waals surface area contributed by atoms with E-state index < -0.39 is 0 Å². The van der Waals surface area contributed by atoms with Crippen LogP contribution in [-0.2, 0) is 0 Å². The molecule has 2 aromatic carbocycles. The third-order valence-electron chi connectivity index (χ3n) is 3.54. The molecule has 1 aromatic heterocycles. The quantitative estimate of drug-likeness (QED) is 0.546. The first kappa shape index (κ1) is 16.9. The van der Waals surface area contributed by atoms with Crippen molar-refractivity contribution in [1.29, 1.82) is 0 Å². The number of nitrogens with zero attached hydrogens (tertiary/aromatic N) is 3.